The SMILES string of the molecule is CCn1cc(/C=c2\sc3n(c2=O)[C@H](c2ccccc2)C(C(=O)Nc2ccccc2)=C(C)N=3)c(C)n1. The minimum absolute atomic E-state index is 0.177. The zero-order valence-electron chi connectivity index (χ0n) is 19.7. The van der Waals surface area contributed by atoms with E-state index in [0.29, 0.717) is 26.3 Å². The summed E-state index contributed by atoms with van der Waals surface area (Å²) in [6.07, 6.45) is 3.80. The van der Waals surface area contributed by atoms with Gasteiger partial charge in [0.25, 0.3) is 11.5 Å². The molecule has 0 fully saturated rings. The fourth-order valence-corrected chi connectivity index (χ4v) is 5.30. The molecule has 176 valence electrons. The first kappa shape index (κ1) is 22.7. The Morgan fingerprint density at radius 2 is 1.77 bits per heavy atom. The number of aryl methyl sites for hydroxylation is 2. The van der Waals surface area contributed by atoms with Gasteiger partial charge in [0.15, 0.2) is 4.80 Å². The van der Waals surface area contributed by atoms with Crippen molar-refractivity contribution in [1.29, 1.82) is 0 Å². The number of amides is 1. The molecule has 8 heteroatoms. The monoisotopic (exact) mass is 483 g/mol. The average Bonchev–Trinajstić information content (AvgIpc) is 3.37. The minimum atomic E-state index is -0.585. The van der Waals surface area contributed by atoms with E-state index in [1.807, 2.05) is 98.4 Å². The van der Waals surface area contributed by atoms with Crippen LogP contribution in [0.25, 0.3) is 6.08 Å². The lowest BCUT2D eigenvalue weighted by atomic mass is 9.95. The number of benzene rings is 2. The second kappa shape index (κ2) is 9.31. The fourth-order valence-electron chi connectivity index (χ4n) is 4.26. The summed E-state index contributed by atoms with van der Waals surface area (Å²) >= 11 is 1.33. The second-order valence-electron chi connectivity index (χ2n) is 8.34. The maximum atomic E-state index is 13.7. The molecule has 0 unspecified atom stereocenters. The van der Waals surface area contributed by atoms with Gasteiger partial charge in [0.2, 0.25) is 0 Å². The lowest BCUT2D eigenvalue weighted by molar-refractivity contribution is -0.113. The Hall–Kier alpha value is -4.04. The lowest BCUT2D eigenvalue weighted by Crippen LogP contribution is -2.40. The van der Waals surface area contributed by atoms with Gasteiger partial charge in [-0.2, -0.15) is 5.10 Å². The fraction of sp³-hybridized carbons (Fsp3) is 0.185. The third-order valence-electron chi connectivity index (χ3n) is 6.01. The summed E-state index contributed by atoms with van der Waals surface area (Å²) in [5, 5.41) is 7.45. The third-order valence-corrected chi connectivity index (χ3v) is 6.99. The number of thiazole rings is 1. The van der Waals surface area contributed by atoms with E-state index in [2.05, 4.69) is 10.4 Å². The molecule has 2 aromatic carbocycles. The number of rotatable bonds is 5. The van der Waals surface area contributed by atoms with Crippen molar-refractivity contribution in [3.05, 3.63) is 115 Å². The molecule has 5 rings (SSSR count). The molecule has 0 bridgehead atoms. The number of nitrogens with one attached hydrogen (secondary N) is 1. The zero-order valence-corrected chi connectivity index (χ0v) is 20.5. The van der Waals surface area contributed by atoms with E-state index >= 15 is 0 Å². The van der Waals surface area contributed by atoms with Crippen LogP contribution in [0.4, 0.5) is 5.69 Å². The molecule has 2 aromatic heterocycles. The van der Waals surface area contributed by atoms with Crippen LogP contribution in [0.3, 0.4) is 0 Å². The van der Waals surface area contributed by atoms with Gasteiger partial charge in [-0.1, -0.05) is 59.9 Å². The van der Waals surface area contributed by atoms with Crippen molar-refractivity contribution in [1.82, 2.24) is 14.3 Å². The zero-order chi connectivity index (χ0) is 24.5. The van der Waals surface area contributed by atoms with E-state index in [1.54, 1.807) is 4.57 Å². The molecule has 7 nitrogen and oxygen atoms in total. The first-order chi connectivity index (χ1) is 17.0. The Bertz CT molecular complexity index is 1610. The number of anilines is 1. The van der Waals surface area contributed by atoms with Crippen molar-refractivity contribution >= 4 is 29.0 Å². The number of aromatic nitrogens is 3. The highest BCUT2D eigenvalue weighted by atomic mass is 32.1. The Morgan fingerprint density at radius 3 is 2.43 bits per heavy atom. The Morgan fingerprint density at radius 1 is 1.09 bits per heavy atom. The van der Waals surface area contributed by atoms with Crippen molar-refractivity contribution < 1.29 is 4.79 Å². The van der Waals surface area contributed by atoms with Gasteiger partial charge in [0, 0.05) is 24.0 Å². The van der Waals surface area contributed by atoms with Crippen molar-refractivity contribution in [2.24, 2.45) is 4.99 Å². The molecule has 0 aliphatic carbocycles. The Kier molecular flexibility index (Phi) is 6.05. The summed E-state index contributed by atoms with van der Waals surface area (Å²) in [6.45, 7) is 6.53. The molecular weight excluding hydrogens is 458 g/mol. The smallest absolute Gasteiger partial charge is 0.271 e. The Labute approximate surface area is 206 Å². The number of carbonyl (C=O) groups is 1. The highest BCUT2D eigenvalue weighted by molar-refractivity contribution is 7.07. The number of hydrogen-bond acceptors (Lipinski definition) is 5. The summed E-state index contributed by atoms with van der Waals surface area (Å²) in [4.78, 5) is 32.5. The molecule has 1 N–H and O–H groups in total. The molecule has 1 aliphatic rings. The standard InChI is InChI=1S/C27H25N5O2S/c1-4-31-16-20(17(2)30-31)15-22-26(34)32-24(19-11-7-5-8-12-19)23(18(3)28-27(32)35-22)25(33)29-21-13-9-6-10-14-21/h5-16,24H,4H2,1-3H3,(H,29,33)/b22-15-/t24-/m1/s1. The van der Waals surface area contributed by atoms with Gasteiger partial charge in [-0.15, -0.1) is 0 Å². The van der Waals surface area contributed by atoms with Crippen molar-refractivity contribution in [3.8, 4) is 0 Å². The van der Waals surface area contributed by atoms with E-state index in [-0.39, 0.29) is 11.5 Å². The van der Waals surface area contributed by atoms with Crippen molar-refractivity contribution in [2.75, 3.05) is 5.32 Å². The molecule has 0 spiro atoms. The summed E-state index contributed by atoms with van der Waals surface area (Å²) in [6, 6.07) is 18.3. The second-order valence-corrected chi connectivity index (χ2v) is 9.35. The van der Waals surface area contributed by atoms with Crippen molar-refractivity contribution in [3.63, 3.8) is 0 Å². The van der Waals surface area contributed by atoms with E-state index < -0.39 is 6.04 Å². The Balaban J connectivity index is 1.67. The van der Waals surface area contributed by atoms with Crippen LogP contribution < -0.4 is 20.2 Å². The van der Waals surface area contributed by atoms with Crippen LogP contribution in [0.15, 0.2) is 87.9 Å². The largest absolute Gasteiger partial charge is 0.322 e. The van der Waals surface area contributed by atoms with E-state index in [1.165, 1.54) is 11.3 Å². The lowest BCUT2D eigenvalue weighted by Gasteiger charge is -2.25. The summed E-state index contributed by atoms with van der Waals surface area (Å²) < 4.78 is 4.04. The van der Waals surface area contributed by atoms with Gasteiger partial charge in [-0.3, -0.25) is 18.8 Å². The molecule has 1 aliphatic heterocycles. The number of carbonyl (C=O) groups excluding carboxylic acids is 1. The number of para-hydroxylation sites is 1. The van der Waals surface area contributed by atoms with Crippen LogP contribution in [0.5, 0.6) is 0 Å². The van der Waals surface area contributed by atoms with Gasteiger partial charge in [-0.05, 0) is 44.5 Å². The van der Waals surface area contributed by atoms with Crippen LogP contribution >= 0.6 is 11.3 Å². The van der Waals surface area contributed by atoms with Gasteiger partial charge in [-0.25, -0.2) is 4.99 Å². The van der Waals surface area contributed by atoms with Crippen LogP contribution in [0, 0.1) is 6.92 Å². The van der Waals surface area contributed by atoms with Crippen molar-refractivity contribution in [2.45, 2.75) is 33.4 Å². The van der Waals surface area contributed by atoms with E-state index in [9.17, 15) is 9.59 Å². The maximum Gasteiger partial charge on any atom is 0.271 e. The molecule has 0 saturated carbocycles. The van der Waals surface area contributed by atoms with Gasteiger partial charge < -0.3 is 5.32 Å². The number of hydrogen-bond donors (Lipinski definition) is 1. The molecule has 3 heterocycles. The predicted molar refractivity (Wildman–Crippen MR) is 138 cm³/mol. The predicted octanol–water partition coefficient (Wildman–Crippen LogP) is 3.40. The molecular formula is C27H25N5O2S. The number of allylic oxidation sites excluding steroid dienone is 1. The van der Waals surface area contributed by atoms with Crippen LogP contribution in [0.1, 0.15) is 36.7 Å². The summed E-state index contributed by atoms with van der Waals surface area (Å²) in [5.74, 6) is -0.277. The number of fused-ring (bicyclic) bond motifs is 1. The van der Waals surface area contributed by atoms with Crippen LogP contribution in [-0.2, 0) is 11.3 Å². The maximum absolute atomic E-state index is 13.7. The number of nitrogens with zero attached hydrogens (tertiary/aromatic N) is 4. The normalized spacial score (nSPS) is 15.6. The molecule has 0 radical (unpaired) electrons. The van der Waals surface area contributed by atoms with Crippen LogP contribution in [-0.4, -0.2) is 20.3 Å². The molecule has 1 atom stereocenters. The van der Waals surface area contributed by atoms with Gasteiger partial charge in [0.05, 0.1) is 27.5 Å². The average molecular weight is 484 g/mol. The topological polar surface area (TPSA) is 81.3 Å². The third kappa shape index (κ3) is 4.28. The summed E-state index contributed by atoms with van der Waals surface area (Å²) in [7, 11) is 0. The van der Waals surface area contributed by atoms with E-state index in [0.717, 1.165) is 23.4 Å². The molecule has 4 aromatic rings. The molecule has 1 amide bonds. The molecule has 0 saturated heterocycles. The molecule has 35 heavy (non-hydrogen) atoms. The highest BCUT2D eigenvalue weighted by Crippen LogP contribution is 2.30. The van der Waals surface area contributed by atoms with E-state index in [4.69, 9.17) is 4.99 Å². The first-order valence-corrected chi connectivity index (χ1v) is 12.3. The first-order valence-electron chi connectivity index (χ1n) is 11.4. The van der Waals surface area contributed by atoms with Gasteiger partial charge in [0.1, 0.15) is 0 Å². The summed E-state index contributed by atoms with van der Waals surface area (Å²) in [5.41, 5.74) is 4.16. The quantitative estimate of drug-likeness (QED) is 0.472. The highest BCUT2D eigenvalue weighted by Gasteiger charge is 2.32. The van der Waals surface area contributed by atoms with Crippen LogP contribution in [0.2, 0.25) is 0 Å². The van der Waals surface area contributed by atoms with Gasteiger partial charge >= 0.3 is 0 Å². The minimum Gasteiger partial charge on any atom is -0.322 e.